The summed E-state index contributed by atoms with van der Waals surface area (Å²) in [6.45, 7) is 0. The summed E-state index contributed by atoms with van der Waals surface area (Å²) in [5.41, 5.74) is 1.99. The van der Waals surface area contributed by atoms with Gasteiger partial charge in [0.1, 0.15) is 5.82 Å². The third kappa shape index (κ3) is 4.02. The zero-order chi connectivity index (χ0) is 18.8. The van der Waals surface area contributed by atoms with Crippen LogP contribution in [-0.2, 0) is 16.0 Å². The van der Waals surface area contributed by atoms with Gasteiger partial charge in [-0.3, -0.25) is 14.7 Å². The summed E-state index contributed by atoms with van der Waals surface area (Å²) in [4.78, 5) is 24.6. The molecule has 27 heavy (non-hydrogen) atoms. The van der Waals surface area contributed by atoms with Crippen LogP contribution in [0.3, 0.4) is 0 Å². The Morgan fingerprint density at radius 1 is 1.22 bits per heavy atom. The standard InChI is InChI=1S/C20H23FN4O2/c21-13-6-7-15-16(11-19(26)22-17(15)9-13)20(27)23-18-10-14(24-25-18)8-12-4-2-1-3-5-12/h6-7,9-10,12,16H,1-5,8,11H2,(H,22,26)(H2,23,24,25,27)/t16-/m0/s1. The molecule has 1 atom stereocenters. The molecule has 3 N–H and O–H groups in total. The molecule has 0 bridgehead atoms. The number of anilines is 2. The minimum absolute atomic E-state index is 0.0316. The normalized spacial score (nSPS) is 20.0. The Balaban J connectivity index is 1.44. The van der Waals surface area contributed by atoms with E-state index in [0.717, 1.165) is 12.1 Å². The van der Waals surface area contributed by atoms with Gasteiger partial charge in [-0.05, 0) is 30.0 Å². The first-order valence-corrected chi connectivity index (χ1v) is 9.53. The number of fused-ring (bicyclic) bond motifs is 1. The molecule has 6 nitrogen and oxygen atoms in total. The maximum atomic E-state index is 13.4. The van der Waals surface area contributed by atoms with E-state index in [0.29, 0.717) is 23.0 Å². The van der Waals surface area contributed by atoms with Crippen LogP contribution in [0.15, 0.2) is 24.3 Å². The third-order valence-corrected chi connectivity index (χ3v) is 5.49. The number of rotatable bonds is 4. The molecule has 2 amide bonds. The van der Waals surface area contributed by atoms with E-state index < -0.39 is 11.7 Å². The maximum Gasteiger partial charge on any atom is 0.233 e. The number of nitrogens with zero attached hydrogens (tertiary/aromatic N) is 1. The Bertz CT molecular complexity index is 857. The van der Waals surface area contributed by atoms with Crippen LogP contribution in [0, 0.1) is 11.7 Å². The van der Waals surface area contributed by atoms with Crippen molar-refractivity contribution in [2.75, 3.05) is 10.6 Å². The van der Waals surface area contributed by atoms with Crippen LogP contribution in [0.2, 0.25) is 0 Å². The van der Waals surface area contributed by atoms with Crippen LogP contribution >= 0.6 is 0 Å². The summed E-state index contributed by atoms with van der Waals surface area (Å²) < 4.78 is 13.4. The molecule has 1 saturated carbocycles. The lowest BCUT2D eigenvalue weighted by atomic mass is 9.86. The van der Waals surface area contributed by atoms with Gasteiger partial charge in [0.05, 0.1) is 5.92 Å². The molecule has 1 aromatic carbocycles. The van der Waals surface area contributed by atoms with Gasteiger partial charge in [0.2, 0.25) is 11.8 Å². The average Bonchev–Trinajstić information content (AvgIpc) is 3.08. The molecule has 0 radical (unpaired) electrons. The molecule has 2 heterocycles. The van der Waals surface area contributed by atoms with Crippen molar-refractivity contribution in [1.82, 2.24) is 10.2 Å². The number of H-pyrrole nitrogens is 1. The van der Waals surface area contributed by atoms with Crippen molar-refractivity contribution in [2.24, 2.45) is 5.92 Å². The molecule has 2 aliphatic rings. The van der Waals surface area contributed by atoms with E-state index >= 15 is 0 Å². The van der Waals surface area contributed by atoms with Crippen LogP contribution < -0.4 is 10.6 Å². The van der Waals surface area contributed by atoms with Crippen LogP contribution in [0.5, 0.6) is 0 Å². The van der Waals surface area contributed by atoms with Gasteiger partial charge in [-0.1, -0.05) is 38.2 Å². The fraction of sp³-hybridized carbons (Fsp3) is 0.450. The quantitative estimate of drug-likeness (QED) is 0.766. The number of halogens is 1. The molecule has 0 spiro atoms. The van der Waals surface area contributed by atoms with Gasteiger partial charge in [-0.2, -0.15) is 5.10 Å². The van der Waals surface area contributed by atoms with E-state index in [-0.39, 0.29) is 18.2 Å². The largest absolute Gasteiger partial charge is 0.326 e. The van der Waals surface area contributed by atoms with Crippen LogP contribution in [0.4, 0.5) is 15.9 Å². The number of aromatic nitrogens is 2. The molecule has 1 aromatic heterocycles. The molecular formula is C20H23FN4O2. The van der Waals surface area contributed by atoms with E-state index in [1.807, 2.05) is 6.07 Å². The minimum atomic E-state index is -0.659. The van der Waals surface area contributed by atoms with Crippen molar-refractivity contribution in [3.05, 3.63) is 41.3 Å². The molecule has 142 valence electrons. The number of amides is 2. The molecule has 0 saturated heterocycles. The number of nitrogens with one attached hydrogen (secondary N) is 3. The molecule has 1 aliphatic carbocycles. The summed E-state index contributed by atoms with van der Waals surface area (Å²) in [6, 6.07) is 5.95. The highest BCUT2D eigenvalue weighted by molar-refractivity contribution is 6.04. The zero-order valence-electron chi connectivity index (χ0n) is 15.1. The van der Waals surface area contributed by atoms with Gasteiger partial charge in [0, 0.05) is 23.9 Å². The first-order chi connectivity index (χ1) is 13.1. The van der Waals surface area contributed by atoms with Gasteiger partial charge in [0.25, 0.3) is 0 Å². The molecule has 0 unspecified atom stereocenters. The Morgan fingerprint density at radius 2 is 2.04 bits per heavy atom. The number of carbonyl (C=O) groups excluding carboxylic acids is 2. The van der Waals surface area contributed by atoms with E-state index in [1.165, 1.54) is 44.2 Å². The SMILES string of the molecule is O=C1C[C@H](C(=O)Nc2cc(CC3CCCCC3)[nH]n2)c2ccc(F)cc2N1. The first kappa shape index (κ1) is 17.7. The van der Waals surface area contributed by atoms with E-state index in [4.69, 9.17) is 0 Å². The van der Waals surface area contributed by atoms with Crippen molar-refractivity contribution in [1.29, 1.82) is 0 Å². The lowest BCUT2D eigenvalue weighted by molar-refractivity contribution is -0.123. The number of hydrogen-bond donors (Lipinski definition) is 3. The van der Waals surface area contributed by atoms with Gasteiger partial charge in [0.15, 0.2) is 5.82 Å². The topological polar surface area (TPSA) is 86.9 Å². The third-order valence-electron chi connectivity index (χ3n) is 5.49. The number of carbonyl (C=O) groups is 2. The number of aromatic amines is 1. The predicted molar refractivity (Wildman–Crippen MR) is 99.9 cm³/mol. The average molecular weight is 370 g/mol. The smallest absolute Gasteiger partial charge is 0.233 e. The Hall–Kier alpha value is -2.70. The molecular weight excluding hydrogens is 347 g/mol. The monoisotopic (exact) mass is 370 g/mol. The molecule has 4 rings (SSSR count). The molecule has 7 heteroatoms. The zero-order valence-corrected chi connectivity index (χ0v) is 15.1. The van der Waals surface area contributed by atoms with Gasteiger partial charge in [-0.25, -0.2) is 4.39 Å². The number of benzene rings is 1. The van der Waals surface area contributed by atoms with Crippen molar-refractivity contribution in [3.63, 3.8) is 0 Å². The predicted octanol–water partition coefficient (Wildman–Crippen LogP) is 3.74. The Morgan fingerprint density at radius 3 is 2.85 bits per heavy atom. The second-order valence-electron chi connectivity index (χ2n) is 7.51. The van der Waals surface area contributed by atoms with Gasteiger partial charge in [-0.15, -0.1) is 0 Å². The summed E-state index contributed by atoms with van der Waals surface area (Å²) >= 11 is 0. The van der Waals surface area contributed by atoms with E-state index in [1.54, 1.807) is 6.07 Å². The Labute approximate surface area is 156 Å². The van der Waals surface area contributed by atoms with Gasteiger partial charge >= 0.3 is 0 Å². The Kier molecular flexibility index (Phi) is 4.92. The lowest BCUT2D eigenvalue weighted by Crippen LogP contribution is -2.31. The fourth-order valence-electron chi connectivity index (χ4n) is 4.12. The second kappa shape index (κ2) is 7.50. The lowest BCUT2D eigenvalue weighted by Gasteiger charge is -2.24. The van der Waals surface area contributed by atoms with Crippen LogP contribution in [0.25, 0.3) is 0 Å². The fourth-order valence-corrected chi connectivity index (χ4v) is 4.12. The highest BCUT2D eigenvalue weighted by Crippen LogP contribution is 2.33. The van der Waals surface area contributed by atoms with Crippen molar-refractivity contribution < 1.29 is 14.0 Å². The highest BCUT2D eigenvalue weighted by Gasteiger charge is 2.31. The van der Waals surface area contributed by atoms with Crippen molar-refractivity contribution in [3.8, 4) is 0 Å². The minimum Gasteiger partial charge on any atom is -0.326 e. The molecule has 1 fully saturated rings. The molecule has 2 aromatic rings. The van der Waals surface area contributed by atoms with E-state index in [9.17, 15) is 14.0 Å². The van der Waals surface area contributed by atoms with Gasteiger partial charge < -0.3 is 10.6 Å². The first-order valence-electron chi connectivity index (χ1n) is 9.53. The summed E-state index contributed by atoms with van der Waals surface area (Å²) in [7, 11) is 0. The summed E-state index contributed by atoms with van der Waals surface area (Å²) in [5.74, 6) is -0.587. The number of hydrogen-bond acceptors (Lipinski definition) is 3. The summed E-state index contributed by atoms with van der Waals surface area (Å²) in [6.07, 6.45) is 7.34. The van der Waals surface area contributed by atoms with Crippen LogP contribution in [0.1, 0.15) is 55.7 Å². The molecule has 1 aliphatic heterocycles. The van der Waals surface area contributed by atoms with Crippen molar-refractivity contribution in [2.45, 2.75) is 50.9 Å². The van der Waals surface area contributed by atoms with E-state index in [2.05, 4.69) is 20.8 Å². The van der Waals surface area contributed by atoms with Crippen molar-refractivity contribution >= 4 is 23.3 Å². The maximum absolute atomic E-state index is 13.4. The highest BCUT2D eigenvalue weighted by atomic mass is 19.1. The second-order valence-corrected chi connectivity index (χ2v) is 7.51. The summed E-state index contributed by atoms with van der Waals surface area (Å²) in [5, 5.41) is 12.6. The van der Waals surface area contributed by atoms with Crippen LogP contribution in [-0.4, -0.2) is 22.0 Å².